The molecule has 3 heterocycles. The van der Waals surface area contributed by atoms with Crippen LogP contribution in [0, 0.1) is 0 Å². The first-order valence-corrected chi connectivity index (χ1v) is 11.6. The first kappa shape index (κ1) is 22.1. The number of hydrogen-bond acceptors (Lipinski definition) is 4. The van der Waals surface area contributed by atoms with Gasteiger partial charge in [0, 0.05) is 36.2 Å². The highest BCUT2D eigenvalue weighted by molar-refractivity contribution is 6.27. The van der Waals surface area contributed by atoms with Gasteiger partial charge in [0.2, 0.25) is 11.8 Å². The molecule has 2 fully saturated rings. The number of piperidine rings is 2. The Morgan fingerprint density at radius 3 is 2.41 bits per heavy atom. The number of hydrogen-bond donors (Lipinski definition) is 1. The quantitative estimate of drug-likeness (QED) is 0.731. The van der Waals surface area contributed by atoms with E-state index in [0.29, 0.717) is 17.9 Å². The first-order chi connectivity index (χ1) is 15.5. The molecule has 1 unspecified atom stereocenters. The Hall–Kier alpha value is -3.15. The number of anilines is 1. The Morgan fingerprint density at radius 1 is 1.03 bits per heavy atom. The summed E-state index contributed by atoms with van der Waals surface area (Å²) in [6.07, 6.45) is 2.71. The molecule has 2 saturated heterocycles. The predicted molar refractivity (Wildman–Crippen MR) is 127 cm³/mol. The lowest BCUT2D eigenvalue weighted by molar-refractivity contribution is -0.134. The molecule has 168 valence electrons. The Morgan fingerprint density at radius 2 is 1.75 bits per heavy atom. The van der Waals surface area contributed by atoms with Crippen LogP contribution in [0.2, 0.25) is 0 Å². The Labute approximate surface area is 189 Å². The molecule has 3 amide bonds. The van der Waals surface area contributed by atoms with Crippen LogP contribution in [-0.2, 0) is 9.59 Å². The van der Waals surface area contributed by atoms with Crippen molar-refractivity contribution < 1.29 is 14.4 Å². The van der Waals surface area contributed by atoms with Crippen molar-refractivity contribution in [2.45, 2.75) is 58.4 Å². The first-order valence-electron chi connectivity index (χ1n) is 11.6. The molecule has 0 bridgehead atoms. The maximum atomic E-state index is 13.3. The van der Waals surface area contributed by atoms with E-state index in [0.717, 1.165) is 48.1 Å². The second kappa shape index (κ2) is 8.77. The van der Waals surface area contributed by atoms with Crippen LogP contribution in [0.15, 0.2) is 42.6 Å². The van der Waals surface area contributed by atoms with Gasteiger partial charge in [0.25, 0.3) is 5.91 Å². The molecule has 6 heteroatoms. The standard InChI is InChI=1S/C24H25N3O3.C2H6/c1-14(2)26-12-10-15(11-13-26)16-6-7-19-22-17(16)4-3-5-18(22)24(30)27(19)20-8-9-21(28)25-23(20)29;1-2/h3-7,15,20H,1,8-13H2,2H3,(H,25,28,29);1-2H3. The maximum absolute atomic E-state index is 13.3. The fourth-order valence-electron chi connectivity index (χ4n) is 5.19. The number of benzene rings is 2. The maximum Gasteiger partial charge on any atom is 0.259 e. The van der Waals surface area contributed by atoms with Crippen LogP contribution in [-0.4, -0.2) is 41.8 Å². The Kier molecular flexibility index (Phi) is 6.04. The Balaban J connectivity index is 0.00000119. The molecule has 2 aromatic carbocycles. The van der Waals surface area contributed by atoms with Gasteiger partial charge in [-0.25, -0.2) is 0 Å². The van der Waals surface area contributed by atoms with Gasteiger partial charge in [-0.2, -0.15) is 0 Å². The summed E-state index contributed by atoms with van der Waals surface area (Å²) in [6.45, 7) is 12.1. The molecule has 3 aliphatic heterocycles. The summed E-state index contributed by atoms with van der Waals surface area (Å²) in [7, 11) is 0. The SMILES string of the molecule is C=C(C)N1CCC(c2ccc3c4c(cccc24)C(=O)N3C2CCC(=O)NC2=O)CC1.CC. The number of nitrogens with zero attached hydrogens (tertiary/aromatic N) is 2. The molecule has 0 saturated carbocycles. The number of amides is 3. The molecule has 0 aliphatic carbocycles. The molecule has 0 spiro atoms. The molecule has 0 radical (unpaired) electrons. The van der Waals surface area contributed by atoms with E-state index in [1.54, 1.807) is 4.90 Å². The molecule has 6 nitrogen and oxygen atoms in total. The van der Waals surface area contributed by atoms with Crippen LogP contribution in [0.3, 0.4) is 0 Å². The molecule has 2 aromatic rings. The summed E-state index contributed by atoms with van der Waals surface area (Å²) in [6, 6.07) is 9.33. The average Bonchev–Trinajstić information content (AvgIpc) is 3.09. The van der Waals surface area contributed by atoms with Crippen LogP contribution in [0.5, 0.6) is 0 Å². The summed E-state index contributed by atoms with van der Waals surface area (Å²) in [5, 5.41) is 4.41. The van der Waals surface area contributed by atoms with Gasteiger partial charge in [0.15, 0.2) is 0 Å². The van der Waals surface area contributed by atoms with Crippen molar-refractivity contribution in [3.8, 4) is 0 Å². The monoisotopic (exact) mass is 433 g/mol. The fraction of sp³-hybridized carbons (Fsp3) is 0.423. The van der Waals surface area contributed by atoms with E-state index < -0.39 is 11.9 Å². The topological polar surface area (TPSA) is 69.7 Å². The zero-order valence-electron chi connectivity index (χ0n) is 19.1. The normalized spacial score (nSPS) is 20.8. The van der Waals surface area contributed by atoms with Crippen molar-refractivity contribution >= 4 is 34.2 Å². The van der Waals surface area contributed by atoms with Crippen LogP contribution in [0.25, 0.3) is 10.8 Å². The summed E-state index contributed by atoms with van der Waals surface area (Å²) in [4.78, 5) is 41.2. The van der Waals surface area contributed by atoms with E-state index in [1.165, 1.54) is 5.56 Å². The molecular weight excluding hydrogens is 402 g/mol. The second-order valence-corrected chi connectivity index (χ2v) is 8.54. The van der Waals surface area contributed by atoms with Crippen molar-refractivity contribution in [1.29, 1.82) is 0 Å². The van der Waals surface area contributed by atoms with Crippen LogP contribution in [0.1, 0.15) is 68.3 Å². The minimum atomic E-state index is -0.643. The van der Waals surface area contributed by atoms with E-state index in [-0.39, 0.29) is 18.2 Å². The summed E-state index contributed by atoms with van der Waals surface area (Å²) >= 11 is 0. The number of carbonyl (C=O) groups excluding carboxylic acids is 3. The molecular formula is C26H31N3O3. The van der Waals surface area contributed by atoms with Crippen molar-refractivity contribution in [3.63, 3.8) is 0 Å². The van der Waals surface area contributed by atoms with Gasteiger partial charge in [-0.15, -0.1) is 0 Å². The largest absolute Gasteiger partial charge is 0.375 e. The number of nitrogens with one attached hydrogen (secondary N) is 1. The lowest BCUT2D eigenvalue weighted by atomic mass is 9.85. The van der Waals surface area contributed by atoms with Gasteiger partial charge in [-0.05, 0) is 55.2 Å². The van der Waals surface area contributed by atoms with Crippen LogP contribution >= 0.6 is 0 Å². The molecule has 0 aromatic heterocycles. The molecule has 5 rings (SSSR count). The van der Waals surface area contributed by atoms with Crippen molar-refractivity contribution in [3.05, 3.63) is 53.7 Å². The van der Waals surface area contributed by atoms with Gasteiger partial charge < -0.3 is 4.90 Å². The van der Waals surface area contributed by atoms with Crippen LogP contribution in [0.4, 0.5) is 5.69 Å². The number of rotatable bonds is 3. The highest BCUT2D eigenvalue weighted by Crippen LogP contribution is 2.44. The highest BCUT2D eigenvalue weighted by Gasteiger charge is 2.41. The number of imide groups is 1. The summed E-state index contributed by atoms with van der Waals surface area (Å²) in [5.74, 6) is -0.386. The summed E-state index contributed by atoms with van der Waals surface area (Å²) in [5.41, 5.74) is 3.81. The molecule has 32 heavy (non-hydrogen) atoms. The third-order valence-electron chi connectivity index (χ3n) is 6.76. The zero-order valence-corrected chi connectivity index (χ0v) is 19.1. The van der Waals surface area contributed by atoms with Crippen molar-refractivity contribution in [1.82, 2.24) is 10.2 Å². The third kappa shape index (κ3) is 3.57. The summed E-state index contributed by atoms with van der Waals surface area (Å²) < 4.78 is 0. The number of allylic oxidation sites excluding steroid dienone is 1. The second-order valence-electron chi connectivity index (χ2n) is 8.54. The molecule has 3 aliphatic rings. The fourth-order valence-corrected chi connectivity index (χ4v) is 5.19. The minimum Gasteiger partial charge on any atom is -0.375 e. The van der Waals surface area contributed by atoms with Gasteiger partial charge in [-0.1, -0.05) is 38.6 Å². The highest BCUT2D eigenvalue weighted by atomic mass is 16.2. The Bertz CT molecular complexity index is 1100. The number of carbonyl (C=O) groups is 3. The van der Waals surface area contributed by atoms with E-state index in [2.05, 4.69) is 35.9 Å². The molecule has 1 N–H and O–H groups in total. The lowest BCUT2D eigenvalue weighted by Gasteiger charge is -2.34. The van der Waals surface area contributed by atoms with Gasteiger partial charge in [-0.3, -0.25) is 24.6 Å². The van der Waals surface area contributed by atoms with Gasteiger partial charge >= 0.3 is 0 Å². The van der Waals surface area contributed by atoms with Gasteiger partial charge in [0.1, 0.15) is 6.04 Å². The van der Waals surface area contributed by atoms with Crippen molar-refractivity contribution in [2.75, 3.05) is 18.0 Å². The van der Waals surface area contributed by atoms with E-state index in [9.17, 15) is 14.4 Å². The van der Waals surface area contributed by atoms with E-state index >= 15 is 0 Å². The predicted octanol–water partition coefficient (Wildman–Crippen LogP) is 4.34. The van der Waals surface area contributed by atoms with E-state index in [4.69, 9.17) is 0 Å². The lowest BCUT2D eigenvalue weighted by Crippen LogP contribution is -2.53. The van der Waals surface area contributed by atoms with Gasteiger partial charge in [0.05, 0.1) is 5.69 Å². The smallest absolute Gasteiger partial charge is 0.259 e. The van der Waals surface area contributed by atoms with Crippen LogP contribution < -0.4 is 10.2 Å². The van der Waals surface area contributed by atoms with Crippen molar-refractivity contribution in [2.24, 2.45) is 0 Å². The van der Waals surface area contributed by atoms with E-state index in [1.807, 2.05) is 32.0 Å². The zero-order chi connectivity index (χ0) is 23.0. The minimum absolute atomic E-state index is 0.153. The average molecular weight is 434 g/mol. The number of likely N-dealkylation sites (tertiary alicyclic amines) is 1. The third-order valence-corrected chi connectivity index (χ3v) is 6.76. The molecule has 1 atom stereocenters.